The van der Waals surface area contributed by atoms with E-state index in [2.05, 4.69) is 27.6 Å². The molecule has 0 radical (unpaired) electrons. The molecule has 2 heterocycles. The number of amides is 1. The minimum Gasteiger partial charge on any atom is -0.469 e. The third-order valence-corrected chi connectivity index (χ3v) is 6.62. The van der Waals surface area contributed by atoms with Gasteiger partial charge in [0.2, 0.25) is 5.91 Å². The molecular formula is C25H24N4O2S. The minimum absolute atomic E-state index is 0.00660. The highest BCUT2D eigenvalue weighted by Gasteiger charge is 2.19. The number of rotatable bonds is 7. The van der Waals surface area contributed by atoms with Gasteiger partial charge in [0.05, 0.1) is 11.8 Å². The zero-order chi connectivity index (χ0) is 21.9. The van der Waals surface area contributed by atoms with E-state index in [-0.39, 0.29) is 5.91 Å². The summed E-state index contributed by atoms with van der Waals surface area (Å²) in [5.41, 5.74) is 5.52. The summed E-state index contributed by atoms with van der Waals surface area (Å²) >= 11 is 1.52. The molecule has 1 N–H and O–H groups in total. The number of furan rings is 1. The Bertz CT molecular complexity index is 1250. The normalized spacial score (nSPS) is 12.7. The second-order valence-electron chi connectivity index (χ2n) is 7.85. The van der Waals surface area contributed by atoms with Gasteiger partial charge in [0.1, 0.15) is 5.76 Å². The number of nitrogens with zero attached hydrogens (tertiary/aromatic N) is 3. The van der Waals surface area contributed by atoms with Crippen LogP contribution in [0, 0.1) is 6.92 Å². The largest absolute Gasteiger partial charge is 0.469 e. The van der Waals surface area contributed by atoms with Crippen LogP contribution in [0.2, 0.25) is 0 Å². The maximum absolute atomic E-state index is 12.5. The van der Waals surface area contributed by atoms with Gasteiger partial charge in [-0.1, -0.05) is 36.0 Å². The lowest BCUT2D eigenvalue weighted by atomic mass is 10.1. The van der Waals surface area contributed by atoms with E-state index in [0.717, 1.165) is 46.5 Å². The maximum Gasteiger partial charge on any atom is 0.225 e. The van der Waals surface area contributed by atoms with Gasteiger partial charge in [-0.05, 0) is 67.6 Å². The Hall–Kier alpha value is -3.32. The number of fused-ring (bicyclic) bond motifs is 1. The Labute approximate surface area is 191 Å². The second-order valence-corrected chi connectivity index (χ2v) is 8.91. The third kappa shape index (κ3) is 4.21. The van der Waals surface area contributed by atoms with Crippen molar-refractivity contribution in [1.82, 2.24) is 14.8 Å². The number of thioether (sulfide) groups is 1. The van der Waals surface area contributed by atoms with Crippen molar-refractivity contribution in [2.24, 2.45) is 0 Å². The molecular weight excluding hydrogens is 420 g/mol. The van der Waals surface area contributed by atoms with Crippen molar-refractivity contribution in [1.29, 1.82) is 0 Å². The number of aryl methyl sites for hydroxylation is 3. The second kappa shape index (κ2) is 9.04. The van der Waals surface area contributed by atoms with E-state index in [9.17, 15) is 4.79 Å². The molecule has 0 saturated heterocycles. The van der Waals surface area contributed by atoms with Crippen molar-refractivity contribution < 1.29 is 9.21 Å². The molecule has 0 bridgehead atoms. The molecule has 0 atom stereocenters. The lowest BCUT2D eigenvalue weighted by Crippen LogP contribution is -2.12. The van der Waals surface area contributed by atoms with Gasteiger partial charge in [-0.3, -0.25) is 9.36 Å². The number of hydrogen-bond donors (Lipinski definition) is 1. The van der Waals surface area contributed by atoms with Crippen molar-refractivity contribution >= 4 is 23.4 Å². The van der Waals surface area contributed by atoms with Crippen molar-refractivity contribution in [3.05, 3.63) is 77.7 Å². The third-order valence-electron chi connectivity index (χ3n) is 5.69. The first-order chi connectivity index (χ1) is 15.7. The van der Waals surface area contributed by atoms with Crippen molar-refractivity contribution in [2.75, 3.05) is 11.1 Å². The average Bonchev–Trinajstić information content (AvgIpc) is 3.53. The molecule has 2 aromatic carbocycles. The molecule has 0 fully saturated rings. The highest BCUT2D eigenvalue weighted by atomic mass is 32.2. The van der Waals surface area contributed by atoms with Gasteiger partial charge in [0.15, 0.2) is 11.0 Å². The summed E-state index contributed by atoms with van der Waals surface area (Å²) in [6, 6.07) is 18.1. The number of hydrogen-bond acceptors (Lipinski definition) is 5. The van der Waals surface area contributed by atoms with Crippen LogP contribution in [0.5, 0.6) is 0 Å². The van der Waals surface area contributed by atoms with Crippen LogP contribution >= 0.6 is 11.8 Å². The molecule has 162 valence electrons. The van der Waals surface area contributed by atoms with Gasteiger partial charge in [-0.2, -0.15) is 0 Å². The monoisotopic (exact) mass is 444 g/mol. The van der Waals surface area contributed by atoms with E-state index in [0.29, 0.717) is 12.2 Å². The predicted octanol–water partition coefficient (Wildman–Crippen LogP) is 5.45. The number of nitrogens with one attached hydrogen (secondary N) is 1. The van der Waals surface area contributed by atoms with Crippen molar-refractivity contribution in [3.8, 4) is 17.1 Å². The van der Waals surface area contributed by atoms with Gasteiger partial charge >= 0.3 is 0 Å². The zero-order valence-corrected chi connectivity index (χ0v) is 18.7. The van der Waals surface area contributed by atoms with Gasteiger partial charge in [0, 0.05) is 23.5 Å². The van der Waals surface area contributed by atoms with Crippen LogP contribution in [0.15, 0.2) is 70.4 Å². The molecule has 1 aliphatic carbocycles. The van der Waals surface area contributed by atoms with Crippen LogP contribution in [0.3, 0.4) is 0 Å². The Morgan fingerprint density at radius 3 is 2.75 bits per heavy atom. The molecule has 0 spiro atoms. The molecule has 0 unspecified atom stereocenters. The molecule has 5 rings (SSSR count). The Kier molecular flexibility index (Phi) is 5.81. The van der Waals surface area contributed by atoms with Gasteiger partial charge in [-0.15, -0.1) is 10.2 Å². The summed E-state index contributed by atoms with van der Waals surface area (Å²) in [6.07, 6.45) is 5.49. The fraction of sp³-hybridized carbons (Fsp3) is 0.240. The van der Waals surface area contributed by atoms with Crippen LogP contribution in [0.1, 0.15) is 29.7 Å². The molecule has 1 amide bonds. The molecule has 1 aliphatic rings. The summed E-state index contributed by atoms with van der Waals surface area (Å²) < 4.78 is 7.49. The number of para-hydroxylation sites is 1. The fourth-order valence-electron chi connectivity index (χ4n) is 4.07. The summed E-state index contributed by atoms with van der Waals surface area (Å²) in [4.78, 5) is 12.5. The van der Waals surface area contributed by atoms with E-state index in [1.807, 2.05) is 54.0 Å². The molecule has 32 heavy (non-hydrogen) atoms. The van der Waals surface area contributed by atoms with Crippen molar-refractivity contribution in [3.63, 3.8) is 0 Å². The highest BCUT2D eigenvalue weighted by Crippen LogP contribution is 2.30. The summed E-state index contributed by atoms with van der Waals surface area (Å²) in [5, 5.41) is 12.6. The number of carbonyl (C=O) groups excluding carboxylic acids is 1. The van der Waals surface area contributed by atoms with Gasteiger partial charge < -0.3 is 9.73 Å². The first-order valence-electron chi connectivity index (χ1n) is 10.8. The summed E-state index contributed by atoms with van der Waals surface area (Å²) in [5.74, 6) is 2.13. The summed E-state index contributed by atoms with van der Waals surface area (Å²) in [6.45, 7) is 1.91. The summed E-state index contributed by atoms with van der Waals surface area (Å²) in [7, 11) is 0. The first-order valence-corrected chi connectivity index (χ1v) is 11.8. The Morgan fingerprint density at radius 2 is 1.94 bits per heavy atom. The first kappa shape index (κ1) is 20.6. The maximum atomic E-state index is 12.5. The van der Waals surface area contributed by atoms with E-state index in [4.69, 9.17) is 4.42 Å². The van der Waals surface area contributed by atoms with Crippen LogP contribution in [-0.4, -0.2) is 26.4 Å². The van der Waals surface area contributed by atoms with E-state index in [1.165, 1.54) is 29.3 Å². The molecule has 2 aromatic heterocycles. The van der Waals surface area contributed by atoms with Crippen LogP contribution in [0.4, 0.5) is 5.69 Å². The fourth-order valence-corrected chi connectivity index (χ4v) is 4.96. The molecule has 0 saturated carbocycles. The van der Waals surface area contributed by atoms with Crippen molar-refractivity contribution in [2.45, 2.75) is 37.8 Å². The molecule has 6 nitrogen and oxygen atoms in total. The lowest BCUT2D eigenvalue weighted by molar-refractivity contribution is -0.115. The quantitative estimate of drug-likeness (QED) is 0.384. The average molecular weight is 445 g/mol. The number of aromatic nitrogens is 3. The lowest BCUT2D eigenvalue weighted by Gasteiger charge is -2.10. The van der Waals surface area contributed by atoms with E-state index >= 15 is 0 Å². The SMILES string of the molecule is Cc1occc1-c1nnc(SCCC(=O)Nc2ccc3c(c2)CCC3)n1-c1ccccc1. The topological polar surface area (TPSA) is 72.9 Å². The van der Waals surface area contributed by atoms with Gasteiger partial charge in [-0.25, -0.2) is 0 Å². The van der Waals surface area contributed by atoms with Crippen LogP contribution in [0.25, 0.3) is 17.1 Å². The number of anilines is 1. The highest BCUT2D eigenvalue weighted by molar-refractivity contribution is 7.99. The Morgan fingerprint density at radius 1 is 1.09 bits per heavy atom. The molecule has 4 aromatic rings. The predicted molar refractivity (Wildman–Crippen MR) is 126 cm³/mol. The molecule has 0 aliphatic heterocycles. The Balaban J connectivity index is 1.29. The van der Waals surface area contributed by atoms with Gasteiger partial charge in [0.25, 0.3) is 0 Å². The number of carbonyl (C=O) groups is 1. The molecule has 7 heteroatoms. The standard InChI is InChI=1S/C25H24N4O2S/c1-17-22(12-14-31-17)24-27-28-25(29(24)21-8-3-2-4-9-21)32-15-13-23(30)26-20-11-10-18-6-5-7-19(18)16-20/h2-4,8-12,14,16H,5-7,13,15H2,1H3,(H,26,30). The number of benzene rings is 2. The smallest absolute Gasteiger partial charge is 0.225 e. The van der Waals surface area contributed by atoms with E-state index < -0.39 is 0 Å². The van der Waals surface area contributed by atoms with Crippen LogP contribution in [-0.2, 0) is 17.6 Å². The van der Waals surface area contributed by atoms with Crippen LogP contribution < -0.4 is 5.32 Å². The zero-order valence-electron chi connectivity index (χ0n) is 17.9. The van der Waals surface area contributed by atoms with E-state index in [1.54, 1.807) is 6.26 Å². The minimum atomic E-state index is 0.00660.